The highest BCUT2D eigenvalue weighted by Crippen LogP contribution is 2.31. The summed E-state index contributed by atoms with van der Waals surface area (Å²) < 4.78 is 0. The average Bonchev–Trinajstić information content (AvgIpc) is 2.50. The maximum absolute atomic E-state index is 11.4. The van der Waals surface area contributed by atoms with E-state index in [2.05, 4.69) is 10.3 Å². The molecule has 3 N–H and O–H groups in total. The minimum absolute atomic E-state index is 0.675. The Kier molecular flexibility index (Phi) is 3.65. The summed E-state index contributed by atoms with van der Waals surface area (Å²) in [5, 5.41) is 23.7. The summed E-state index contributed by atoms with van der Waals surface area (Å²) in [5.74, 6) is -1.10. The van der Waals surface area contributed by atoms with Crippen molar-refractivity contribution in [1.82, 2.24) is 4.98 Å². The lowest BCUT2D eigenvalue weighted by Gasteiger charge is -2.21. The van der Waals surface area contributed by atoms with Gasteiger partial charge in [-0.2, -0.15) is 0 Å². The molecule has 5 heteroatoms. The van der Waals surface area contributed by atoms with Gasteiger partial charge in [-0.1, -0.05) is 36.4 Å². The van der Waals surface area contributed by atoms with E-state index in [1.807, 2.05) is 48.5 Å². The van der Waals surface area contributed by atoms with Crippen molar-refractivity contribution in [3.05, 3.63) is 48.5 Å². The molecule has 0 aliphatic rings. The van der Waals surface area contributed by atoms with Crippen LogP contribution in [0.1, 0.15) is 6.92 Å². The first kappa shape index (κ1) is 14.3. The van der Waals surface area contributed by atoms with Gasteiger partial charge in [-0.05, 0) is 19.1 Å². The minimum Gasteiger partial charge on any atom is -0.480 e. The molecule has 1 heterocycles. The Balaban J connectivity index is 2.26. The number of carboxylic acids is 1. The number of pyridine rings is 1. The Morgan fingerprint density at radius 2 is 1.55 bits per heavy atom. The van der Waals surface area contributed by atoms with E-state index in [9.17, 15) is 15.0 Å². The van der Waals surface area contributed by atoms with Crippen LogP contribution in [0.15, 0.2) is 48.5 Å². The Hall–Kier alpha value is -2.66. The number of aromatic nitrogens is 1. The molecule has 0 aliphatic heterocycles. The number of aliphatic hydroxyl groups excluding tert-OH is 1. The maximum atomic E-state index is 11.4. The molecule has 0 fully saturated rings. The molecule has 22 heavy (non-hydrogen) atoms. The molecule has 2 aromatic carbocycles. The van der Waals surface area contributed by atoms with Gasteiger partial charge in [0.2, 0.25) is 0 Å². The molecule has 2 unspecified atom stereocenters. The number of fused-ring (bicyclic) bond motifs is 2. The number of hydrogen-bond acceptors (Lipinski definition) is 4. The van der Waals surface area contributed by atoms with Crippen molar-refractivity contribution in [3.8, 4) is 0 Å². The third-order valence-electron chi connectivity index (χ3n) is 3.64. The molecule has 0 radical (unpaired) electrons. The quantitative estimate of drug-likeness (QED) is 0.645. The molecule has 0 spiro atoms. The largest absolute Gasteiger partial charge is 0.480 e. The summed E-state index contributed by atoms with van der Waals surface area (Å²) in [6, 6.07) is 14.0. The van der Waals surface area contributed by atoms with E-state index in [0.29, 0.717) is 5.69 Å². The van der Waals surface area contributed by atoms with Gasteiger partial charge < -0.3 is 15.5 Å². The van der Waals surface area contributed by atoms with Gasteiger partial charge in [0.25, 0.3) is 0 Å². The van der Waals surface area contributed by atoms with Gasteiger partial charge in [0.05, 0.1) is 22.8 Å². The van der Waals surface area contributed by atoms with Crippen LogP contribution in [0.4, 0.5) is 5.69 Å². The van der Waals surface area contributed by atoms with E-state index in [1.165, 1.54) is 6.92 Å². The lowest BCUT2D eigenvalue weighted by molar-refractivity contribution is -0.140. The minimum atomic E-state index is -1.10. The molecule has 112 valence electrons. The van der Waals surface area contributed by atoms with E-state index in [1.54, 1.807) is 0 Å². The fourth-order valence-corrected chi connectivity index (χ4v) is 2.54. The summed E-state index contributed by atoms with van der Waals surface area (Å²) in [4.78, 5) is 16.0. The number of rotatable bonds is 4. The number of benzene rings is 2. The maximum Gasteiger partial charge on any atom is 0.328 e. The highest BCUT2D eigenvalue weighted by atomic mass is 16.4. The number of carbonyl (C=O) groups is 1. The normalized spacial score (nSPS) is 13.9. The summed E-state index contributed by atoms with van der Waals surface area (Å²) in [7, 11) is 0. The van der Waals surface area contributed by atoms with Crippen molar-refractivity contribution >= 4 is 33.5 Å². The van der Waals surface area contributed by atoms with Gasteiger partial charge in [-0.3, -0.25) is 0 Å². The van der Waals surface area contributed by atoms with Gasteiger partial charge in [-0.15, -0.1) is 0 Å². The molecule has 0 bridgehead atoms. The van der Waals surface area contributed by atoms with Crippen molar-refractivity contribution < 1.29 is 15.0 Å². The zero-order chi connectivity index (χ0) is 15.7. The van der Waals surface area contributed by atoms with Gasteiger partial charge in [0.15, 0.2) is 6.04 Å². The van der Waals surface area contributed by atoms with Crippen LogP contribution in [0.5, 0.6) is 0 Å². The molecular formula is C17H16N2O3. The highest BCUT2D eigenvalue weighted by Gasteiger charge is 2.24. The van der Waals surface area contributed by atoms with Gasteiger partial charge in [0, 0.05) is 10.8 Å². The second-order valence-corrected chi connectivity index (χ2v) is 5.22. The smallest absolute Gasteiger partial charge is 0.328 e. The predicted octanol–water partition coefficient (Wildman–Crippen LogP) is 2.63. The van der Waals surface area contributed by atoms with Gasteiger partial charge >= 0.3 is 5.97 Å². The van der Waals surface area contributed by atoms with Crippen molar-refractivity contribution in [3.63, 3.8) is 0 Å². The Labute approximate surface area is 127 Å². The molecule has 0 amide bonds. The third-order valence-corrected chi connectivity index (χ3v) is 3.64. The monoisotopic (exact) mass is 296 g/mol. The number of aliphatic hydroxyl groups is 1. The number of aliphatic carboxylic acids is 1. The zero-order valence-corrected chi connectivity index (χ0v) is 12.0. The van der Waals surface area contributed by atoms with Crippen molar-refractivity contribution in [2.24, 2.45) is 0 Å². The molecule has 0 saturated carbocycles. The summed E-state index contributed by atoms with van der Waals surface area (Å²) >= 11 is 0. The first-order valence-corrected chi connectivity index (χ1v) is 7.03. The SMILES string of the molecule is CC(O)C(Nc1c2ccccc2nc2ccccc12)C(=O)O. The topological polar surface area (TPSA) is 82.5 Å². The molecule has 0 aliphatic carbocycles. The number of nitrogens with one attached hydrogen (secondary N) is 1. The second kappa shape index (κ2) is 5.61. The van der Waals surface area contributed by atoms with E-state index >= 15 is 0 Å². The van der Waals surface area contributed by atoms with Crippen LogP contribution >= 0.6 is 0 Å². The fraction of sp³-hybridized carbons (Fsp3) is 0.176. The highest BCUT2D eigenvalue weighted by molar-refractivity contribution is 6.08. The van der Waals surface area contributed by atoms with Crippen molar-refractivity contribution in [2.75, 3.05) is 5.32 Å². The molecule has 1 aromatic heterocycles. The summed E-state index contributed by atoms with van der Waals surface area (Å²) in [6.07, 6.45) is -1.02. The van der Waals surface area contributed by atoms with E-state index in [0.717, 1.165) is 21.8 Å². The first-order valence-electron chi connectivity index (χ1n) is 7.03. The van der Waals surface area contributed by atoms with Crippen LogP contribution in [0.2, 0.25) is 0 Å². The van der Waals surface area contributed by atoms with Crippen molar-refractivity contribution in [1.29, 1.82) is 0 Å². The Bertz CT molecular complexity index is 792. The van der Waals surface area contributed by atoms with Crippen LogP contribution < -0.4 is 5.32 Å². The summed E-state index contributed by atoms with van der Waals surface area (Å²) in [5.41, 5.74) is 2.23. The lowest BCUT2D eigenvalue weighted by atomic mass is 10.1. The Morgan fingerprint density at radius 1 is 1.05 bits per heavy atom. The van der Waals surface area contributed by atoms with Crippen LogP contribution in [0, 0.1) is 0 Å². The van der Waals surface area contributed by atoms with E-state index in [-0.39, 0.29) is 0 Å². The number of carboxylic acid groups (broad SMARTS) is 1. The van der Waals surface area contributed by atoms with Crippen LogP contribution in [-0.4, -0.2) is 33.3 Å². The average molecular weight is 296 g/mol. The van der Waals surface area contributed by atoms with Gasteiger partial charge in [-0.25, -0.2) is 9.78 Å². The molecule has 3 aromatic rings. The first-order chi connectivity index (χ1) is 10.6. The van der Waals surface area contributed by atoms with E-state index < -0.39 is 18.1 Å². The number of para-hydroxylation sites is 2. The standard InChI is InChI=1S/C17H16N2O3/c1-10(20)15(17(21)22)19-16-11-6-2-4-8-13(11)18-14-9-5-3-7-12(14)16/h2-10,15,20H,1H3,(H,18,19)(H,21,22). The third kappa shape index (κ3) is 2.46. The second-order valence-electron chi connectivity index (χ2n) is 5.22. The Morgan fingerprint density at radius 3 is 2.00 bits per heavy atom. The molecule has 3 rings (SSSR count). The fourth-order valence-electron chi connectivity index (χ4n) is 2.54. The number of anilines is 1. The lowest BCUT2D eigenvalue weighted by Crippen LogP contribution is -2.39. The molecule has 2 atom stereocenters. The predicted molar refractivity (Wildman–Crippen MR) is 86.0 cm³/mol. The molecule has 5 nitrogen and oxygen atoms in total. The van der Waals surface area contributed by atoms with E-state index in [4.69, 9.17) is 0 Å². The van der Waals surface area contributed by atoms with Crippen molar-refractivity contribution in [2.45, 2.75) is 19.1 Å². The molecule has 0 saturated heterocycles. The number of nitrogens with zero attached hydrogens (tertiary/aromatic N) is 1. The van der Waals surface area contributed by atoms with Crippen LogP contribution in [0.3, 0.4) is 0 Å². The van der Waals surface area contributed by atoms with Gasteiger partial charge in [0.1, 0.15) is 0 Å². The zero-order valence-electron chi connectivity index (χ0n) is 12.0. The van der Waals surface area contributed by atoms with Crippen LogP contribution in [0.25, 0.3) is 21.8 Å². The number of hydrogen-bond donors (Lipinski definition) is 3. The summed E-state index contributed by atoms with van der Waals surface area (Å²) in [6.45, 7) is 1.46. The molecular weight excluding hydrogens is 280 g/mol. The van der Waals surface area contributed by atoms with Crippen LogP contribution in [-0.2, 0) is 4.79 Å².